The highest BCUT2D eigenvalue weighted by atomic mass is 127. The summed E-state index contributed by atoms with van der Waals surface area (Å²) in [7, 11) is -3.08. The summed E-state index contributed by atoms with van der Waals surface area (Å²) < 4.78 is 32.0. The molecular formula is C20H41IN4O3S. The highest BCUT2D eigenvalue weighted by Gasteiger charge is 2.33. The lowest BCUT2D eigenvalue weighted by atomic mass is 9.84. The number of hydrogen-bond donors (Lipinski definition) is 2. The molecule has 0 aromatic carbocycles. The molecule has 2 fully saturated rings. The minimum absolute atomic E-state index is 0. The minimum Gasteiger partial charge on any atom is -0.373 e. The molecule has 0 spiro atoms. The first-order chi connectivity index (χ1) is 13.4. The molecule has 1 saturated carbocycles. The first-order valence-corrected chi connectivity index (χ1v) is 12.7. The summed E-state index contributed by atoms with van der Waals surface area (Å²) in [6.45, 7) is 9.37. The van der Waals surface area contributed by atoms with Crippen molar-refractivity contribution in [3.05, 3.63) is 0 Å². The van der Waals surface area contributed by atoms with Crippen molar-refractivity contribution in [2.45, 2.75) is 83.8 Å². The first-order valence-electron chi connectivity index (χ1n) is 11.1. The third-order valence-corrected chi connectivity index (χ3v) is 7.68. The summed E-state index contributed by atoms with van der Waals surface area (Å²) in [6.07, 6.45) is 8.54. The molecule has 0 aromatic rings. The van der Waals surface area contributed by atoms with E-state index in [1.54, 1.807) is 11.2 Å². The van der Waals surface area contributed by atoms with E-state index in [1.165, 1.54) is 19.3 Å². The van der Waals surface area contributed by atoms with Crippen LogP contribution in [-0.4, -0.2) is 68.9 Å². The van der Waals surface area contributed by atoms with Crippen LogP contribution in [0.15, 0.2) is 4.99 Å². The predicted octanol–water partition coefficient (Wildman–Crippen LogP) is 3.10. The molecule has 1 saturated heterocycles. The standard InChI is InChI=1S/C20H40N4O3S.HI/c1-4-16-27-20(12-8-7-9-13-20)17-22-19(21-5-2)23-18-10-14-24(15-11-18)28(25,26)6-3;/h18H,4-17H2,1-3H3,(H2,21,22,23);1H. The molecule has 2 N–H and O–H groups in total. The van der Waals surface area contributed by atoms with Gasteiger partial charge in [-0.25, -0.2) is 12.7 Å². The van der Waals surface area contributed by atoms with Crippen molar-refractivity contribution in [3.63, 3.8) is 0 Å². The third kappa shape index (κ3) is 8.49. The Bertz CT molecular complexity index is 587. The number of nitrogens with one attached hydrogen (secondary N) is 2. The minimum atomic E-state index is -3.08. The van der Waals surface area contributed by atoms with Crippen molar-refractivity contribution in [1.82, 2.24) is 14.9 Å². The van der Waals surface area contributed by atoms with Crippen molar-refractivity contribution in [2.75, 3.05) is 38.5 Å². The van der Waals surface area contributed by atoms with Gasteiger partial charge in [0.2, 0.25) is 10.0 Å². The Labute approximate surface area is 194 Å². The van der Waals surface area contributed by atoms with Crippen LogP contribution in [0.1, 0.15) is 72.1 Å². The van der Waals surface area contributed by atoms with Gasteiger partial charge in [0, 0.05) is 32.3 Å². The lowest BCUT2D eigenvalue weighted by Crippen LogP contribution is -2.50. The number of ether oxygens (including phenoxy) is 1. The molecular weight excluding hydrogens is 503 g/mol. The Hall–Kier alpha value is -0.130. The maximum atomic E-state index is 12.0. The molecule has 1 aliphatic carbocycles. The van der Waals surface area contributed by atoms with Crippen molar-refractivity contribution in [3.8, 4) is 0 Å². The van der Waals surface area contributed by atoms with E-state index in [0.717, 1.165) is 51.2 Å². The van der Waals surface area contributed by atoms with Crippen LogP contribution >= 0.6 is 24.0 Å². The van der Waals surface area contributed by atoms with E-state index in [0.29, 0.717) is 19.6 Å². The van der Waals surface area contributed by atoms with Gasteiger partial charge in [-0.2, -0.15) is 0 Å². The maximum absolute atomic E-state index is 12.0. The number of aliphatic imine (C=N–C) groups is 1. The molecule has 0 amide bonds. The van der Waals surface area contributed by atoms with Gasteiger partial charge in [-0.05, 0) is 46.0 Å². The molecule has 2 aliphatic rings. The highest BCUT2D eigenvalue weighted by Crippen LogP contribution is 2.32. The van der Waals surface area contributed by atoms with Gasteiger partial charge in [-0.3, -0.25) is 4.99 Å². The second-order valence-electron chi connectivity index (χ2n) is 8.01. The van der Waals surface area contributed by atoms with Crippen molar-refractivity contribution < 1.29 is 13.2 Å². The topological polar surface area (TPSA) is 83.0 Å². The fraction of sp³-hybridized carbons (Fsp3) is 0.950. The fourth-order valence-corrected chi connectivity index (χ4v) is 5.19. The zero-order valence-corrected chi connectivity index (χ0v) is 21.6. The Morgan fingerprint density at radius 1 is 1.14 bits per heavy atom. The summed E-state index contributed by atoms with van der Waals surface area (Å²) in [4.78, 5) is 4.88. The molecule has 1 aliphatic heterocycles. The number of piperidine rings is 1. The number of sulfonamides is 1. The van der Waals surface area contributed by atoms with Crippen LogP contribution in [-0.2, 0) is 14.8 Å². The van der Waals surface area contributed by atoms with Crippen molar-refractivity contribution in [1.29, 1.82) is 0 Å². The van der Waals surface area contributed by atoms with E-state index in [-0.39, 0.29) is 41.4 Å². The number of rotatable bonds is 9. The van der Waals surface area contributed by atoms with Crippen LogP contribution in [0, 0.1) is 0 Å². The monoisotopic (exact) mass is 544 g/mol. The van der Waals surface area contributed by atoms with E-state index in [2.05, 4.69) is 24.5 Å². The Kier molecular flexibility index (Phi) is 12.4. The van der Waals surface area contributed by atoms with Crippen LogP contribution in [0.3, 0.4) is 0 Å². The quantitative estimate of drug-likeness (QED) is 0.265. The molecule has 1 heterocycles. The molecule has 0 radical (unpaired) electrons. The molecule has 9 heteroatoms. The average Bonchev–Trinajstić information content (AvgIpc) is 2.72. The average molecular weight is 545 g/mol. The normalized spacial score (nSPS) is 21.4. The summed E-state index contributed by atoms with van der Waals surface area (Å²) in [6, 6.07) is 0.250. The smallest absolute Gasteiger partial charge is 0.213 e. The van der Waals surface area contributed by atoms with Gasteiger partial charge in [-0.15, -0.1) is 24.0 Å². The van der Waals surface area contributed by atoms with Gasteiger partial charge in [0.25, 0.3) is 0 Å². The molecule has 2 rings (SSSR count). The molecule has 0 aromatic heterocycles. The molecule has 0 unspecified atom stereocenters. The lowest BCUT2D eigenvalue weighted by molar-refractivity contribution is -0.0624. The van der Waals surface area contributed by atoms with Crippen LogP contribution < -0.4 is 10.6 Å². The van der Waals surface area contributed by atoms with Crippen LogP contribution in [0.5, 0.6) is 0 Å². The van der Waals surface area contributed by atoms with Gasteiger partial charge in [0.1, 0.15) is 0 Å². The number of hydrogen-bond acceptors (Lipinski definition) is 4. The number of halogens is 1. The Morgan fingerprint density at radius 3 is 2.34 bits per heavy atom. The van der Waals surface area contributed by atoms with E-state index < -0.39 is 10.0 Å². The highest BCUT2D eigenvalue weighted by molar-refractivity contribution is 14.0. The molecule has 7 nitrogen and oxygen atoms in total. The maximum Gasteiger partial charge on any atom is 0.213 e. The van der Waals surface area contributed by atoms with Crippen LogP contribution in [0.4, 0.5) is 0 Å². The summed E-state index contributed by atoms with van der Waals surface area (Å²) in [5, 5.41) is 6.87. The second kappa shape index (κ2) is 13.3. The zero-order valence-electron chi connectivity index (χ0n) is 18.4. The SMILES string of the molecule is CCCOC1(CN=C(NCC)NC2CCN(S(=O)(=O)CC)CC2)CCCCC1.I. The molecule has 172 valence electrons. The van der Waals surface area contributed by atoms with E-state index in [1.807, 2.05) is 0 Å². The largest absolute Gasteiger partial charge is 0.373 e. The van der Waals surface area contributed by atoms with Gasteiger partial charge < -0.3 is 15.4 Å². The number of guanidine groups is 1. The molecule has 29 heavy (non-hydrogen) atoms. The first kappa shape index (κ1) is 26.9. The molecule has 0 atom stereocenters. The third-order valence-electron chi connectivity index (χ3n) is 5.80. The van der Waals surface area contributed by atoms with E-state index >= 15 is 0 Å². The van der Waals surface area contributed by atoms with Crippen LogP contribution in [0.2, 0.25) is 0 Å². The van der Waals surface area contributed by atoms with Crippen molar-refractivity contribution in [2.24, 2.45) is 4.99 Å². The Balaban J connectivity index is 0.00000420. The summed E-state index contributed by atoms with van der Waals surface area (Å²) >= 11 is 0. The summed E-state index contributed by atoms with van der Waals surface area (Å²) in [5.74, 6) is 0.999. The second-order valence-corrected chi connectivity index (χ2v) is 10.3. The zero-order chi connectivity index (χ0) is 20.5. The number of nitrogens with zero attached hydrogens (tertiary/aromatic N) is 2. The lowest BCUT2D eigenvalue weighted by Gasteiger charge is -2.36. The van der Waals surface area contributed by atoms with Crippen molar-refractivity contribution >= 4 is 40.0 Å². The fourth-order valence-electron chi connectivity index (χ4n) is 4.06. The van der Waals surface area contributed by atoms with E-state index in [4.69, 9.17) is 9.73 Å². The summed E-state index contributed by atoms with van der Waals surface area (Å²) in [5.41, 5.74) is -0.116. The van der Waals surface area contributed by atoms with Gasteiger partial charge >= 0.3 is 0 Å². The van der Waals surface area contributed by atoms with Crippen LogP contribution in [0.25, 0.3) is 0 Å². The van der Waals surface area contributed by atoms with E-state index in [9.17, 15) is 8.42 Å². The van der Waals surface area contributed by atoms with Gasteiger partial charge in [-0.1, -0.05) is 26.2 Å². The van der Waals surface area contributed by atoms with Gasteiger partial charge in [0.05, 0.1) is 17.9 Å². The predicted molar refractivity (Wildman–Crippen MR) is 131 cm³/mol. The van der Waals surface area contributed by atoms with Gasteiger partial charge in [0.15, 0.2) is 5.96 Å². The Morgan fingerprint density at radius 2 is 1.79 bits per heavy atom. The molecule has 0 bridgehead atoms.